The lowest BCUT2D eigenvalue weighted by atomic mass is 9.81. The zero-order valence-corrected chi connectivity index (χ0v) is 7.55. The van der Waals surface area contributed by atoms with Crippen molar-refractivity contribution in [3.63, 3.8) is 0 Å². The van der Waals surface area contributed by atoms with Crippen molar-refractivity contribution >= 4 is 11.8 Å². The molecule has 3 fully saturated rings. The number of aliphatic hydroxyl groups is 1. The minimum absolute atomic E-state index is 0.0852. The quantitative estimate of drug-likeness (QED) is 0.553. The van der Waals surface area contributed by atoms with Crippen LogP contribution in [0.3, 0.4) is 0 Å². The maximum atomic E-state index is 11.7. The average molecular weight is 197 g/mol. The molecule has 2 amide bonds. The molecule has 5 nitrogen and oxygen atoms in total. The summed E-state index contributed by atoms with van der Waals surface area (Å²) in [5.74, 6) is -1.13. The van der Waals surface area contributed by atoms with Crippen LogP contribution in [0.1, 0.15) is 12.8 Å². The van der Waals surface area contributed by atoms with Gasteiger partial charge in [-0.25, -0.2) is 0 Å². The SMILES string of the molecule is O=C1[C@H]2[C@H](C(=O)N1CO)[C@H]1CC[C@H]2O1. The highest BCUT2D eigenvalue weighted by atomic mass is 16.5. The summed E-state index contributed by atoms with van der Waals surface area (Å²) in [6, 6.07) is 0. The zero-order valence-electron chi connectivity index (χ0n) is 7.55. The predicted molar refractivity (Wildman–Crippen MR) is 43.8 cm³/mol. The van der Waals surface area contributed by atoms with E-state index in [2.05, 4.69) is 0 Å². The molecule has 0 aliphatic carbocycles. The molecule has 5 heteroatoms. The van der Waals surface area contributed by atoms with Crippen LogP contribution >= 0.6 is 0 Å². The van der Waals surface area contributed by atoms with Gasteiger partial charge in [0.1, 0.15) is 6.73 Å². The Hall–Kier alpha value is -0.940. The van der Waals surface area contributed by atoms with Crippen LogP contribution in [0, 0.1) is 11.8 Å². The molecule has 0 aromatic heterocycles. The molecule has 2 bridgehead atoms. The summed E-state index contributed by atoms with van der Waals surface area (Å²) >= 11 is 0. The number of ether oxygens (including phenoxy) is 1. The van der Waals surface area contributed by atoms with Gasteiger partial charge in [-0.15, -0.1) is 0 Å². The van der Waals surface area contributed by atoms with Gasteiger partial charge in [-0.1, -0.05) is 0 Å². The molecule has 0 aromatic rings. The number of rotatable bonds is 1. The number of carbonyl (C=O) groups is 2. The molecule has 0 unspecified atom stereocenters. The predicted octanol–water partition coefficient (Wildman–Crippen LogP) is -0.901. The number of carbonyl (C=O) groups excluding carboxylic acids is 2. The summed E-state index contributed by atoms with van der Waals surface area (Å²) in [5, 5.41) is 8.90. The van der Waals surface area contributed by atoms with Crippen molar-refractivity contribution in [3.8, 4) is 0 Å². The van der Waals surface area contributed by atoms with Crippen LogP contribution in [-0.2, 0) is 14.3 Å². The molecule has 0 aromatic carbocycles. The van der Waals surface area contributed by atoms with Crippen LogP contribution in [0.25, 0.3) is 0 Å². The summed E-state index contributed by atoms with van der Waals surface area (Å²) < 4.78 is 5.52. The molecule has 14 heavy (non-hydrogen) atoms. The highest BCUT2D eigenvalue weighted by Gasteiger charge is 2.62. The number of amides is 2. The van der Waals surface area contributed by atoms with Crippen LogP contribution in [-0.4, -0.2) is 40.8 Å². The molecule has 1 N–H and O–H groups in total. The molecule has 3 heterocycles. The molecule has 0 spiro atoms. The fourth-order valence-electron chi connectivity index (χ4n) is 2.91. The molecule has 3 saturated heterocycles. The largest absolute Gasteiger partial charge is 0.376 e. The number of imide groups is 1. The Kier molecular flexibility index (Phi) is 1.52. The molecular weight excluding hydrogens is 186 g/mol. The molecule has 0 saturated carbocycles. The summed E-state index contributed by atoms with van der Waals surface area (Å²) in [4.78, 5) is 24.3. The van der Waals surface area contributed by atoms with E-state index in [0.29, 0.717) is 0 Å². The fourth-order valence-corrected chi connectivity index (χ4v) is 2.91. The number of nitrogens with zero attached hydrogens (tertiary/aromatic N) is 1. The van der Waals surface area contributed by atoms with E-state index in [4.69, 9.17) is 9.84 Å². The van der Waals surface area contributed by atoms with Crippen LogP contribution in [0.4, 0.5) is 0 Å². The van der Waals surface area contributed by atoms with Crippen LogP contribution in [0.15, 0.2) is 0 Å². The van der Waals surface area contributed by atoms with E-state index in [1.54, 1.807) is 0 Å². The molecular formula is C9H11NO4. The van der Waals surface area contributed by atoms with E-state index >= 15 is 0 Å². The van der Waals surface area contributed by atoms with E-state index in [9.17, 15) is 9.59 Å². The topological polar surface area (TPSA) is 66.8 Å². The van der Waals surface area contributed by atoms with Gasteiger partial charge in [-0.3, -0.25) is 14.5 Å². The Bertz CT molecular complexity index is 288. The molecule has 3 rings (SSSR count). The van der Waals surface area contributed by atoms with Gasteiger partial charge in [0.25, 0.3) is 0 Å². The fraction of sp³-hybridized carbons (Fsp3) is 0.778. The minimum Gasteiger partial charge on any atom is -0.376 e. The minimum atomic E-state index is -0.496. The van der Waals surface area contributed by atoms with Crippen molar-refractivity contribution in [2.75, 3.05) is 6.73 Å². The van der Waals surface area contributed by atoms with Gasteiger partial charge in [0.05, 0.1) is 24.0 Å². The zero-order chi connectivity index (χ0) is 9.87. The van der Waals surface area contributed by atoms with Gasteiger partial charge in [0.2, 0.25) is 11.8 Å². The molecule has 3 aliphatic heterocycles. The van der Waals surface area contributed by atoms with E-state index in [1.807, 2.05) is 0 Å². The maximum absolute atomic E-state index is 11.7. The lowest BCUT2D eigenvalue weighted by Crippen LogP contribution is -2.34. The van der Waals surface area contributed by atoms with Gasteiger partial charge in [-0.05, 0) is 12.8 Å². The first-order valence-corrected chi connectivity index (χ1v) is 4.85. The smallest absolute Gasteiger partial charge is 0.237 e. The number of hydrogen-bond donors (Lipinski definition) is 1. The second kappa shape index (κ2) is 2.55. The van der Waals surface area contributed by atoms with Crippen molar-refractivity contribution in [1.82, 2.24) is 4.90 Å². The molecule has 3 aliphatic rings. The van der Waals surface area contributed by atoms with Gasteiger partial charge in [0, 0.05) is 0 Å². The van der Waals surface area contributed by atoms with Gasteiger partial charge in [0.15, 0.2) is 0 Å². The van der Waals surface area contributed by atoms with Crippen molar-refractivity contribution < 1.29 is 19.4 Å². The summed E-state index contributed by atoms with van der Waals surface area (Å²) in [7, 11) is 0. The average Bonchev–Trinajstić information content (AvgIpc) is 2.80. The third kappa shape index (κ3) is 0.773. The Balaban J connectivity index is 1.98. The number of fused-ring (bicyclic) bond motifs is 5. The van der Waals surface area contributed by atoms with Crippen LogP contribution in [0.2, 0.25) is 0 Å². The van der Waals surface area contributed by atoms with Crippen molar-refractivity contribution in [2.45, 2.75) is 25.0 Å². The molecule has 0 radical (unpaired) electrons. The number of likely N-dealkylation sites (tertiary alicyclic amines) is 1. The summed E-state index contributed by atoms with van der Waals surface area (Å²) in [6.07, 6.45) is 1.56. The Morgan fingerprint density at radius 3 is 2.14 bits per heavy atom. The monoisotopic (exact) mass is 197 g/mol. The Labute approximate surface area is 80.6 Å². The third-order valence-corrected chi connectivity index (χ3v) is 3.52. The van der Waals surface area contributed by atoms with E-state index < -0.39 is 6.73 Å². The molecule has 4 atom stereocenters. The Morgan fingerprint density at radius 1 is 1.21 bits per heavy atom. The van der Waals surface area contributed by atoms with E-state index in [-0.39, 0.29) is 35.9 Å². The number of hydrogen-bond acceptors (Lipinski definition) is 4. The lowest BCUT2D eigenvalue weighted by molar-refractivity contribution is -0.146. The van der Waals surface area contributed by atoms with Gasteiger partial charge in [-0.2, -0.15) is 0 Å². The van der Waals surface area contributed by atoms with E-state index in [1.165, 1.54) is 0 Å². The summed E-state index contributed by atoms with van der Waals surface area (Å²) in [6.45, 7) is -0.496. The first-order chi connectivity index (χ1) is 6.74. The highest BCUT2D eigenvalue weighted by molar-refractivity contribution is 6.06. The molecule has 76 valence electrons. The van der Waals surface area contributed by atoms with Crippen LogP contribution in [0.5, 0.6) is 0 Å². The van der Waals surface area contributed by atoms with Gasteiger partial charge >= 0.3 is 0 Å². The number of aliphatic hydroxyl groups excluding tert-OH is 1. The first-order valence-electron chi connectivity index (χ1n) is 4.85. The third-order valence-electron chi connectivity index (χ3n) is 3.52. The first kappa shape index (κ1) is 8.38. The van der Waals surface area contributed by atoms with Crippen molar-refractivity contribution in [2.24, 2.45) is 11.8 Å². The van der Waals surface area contributed by atoms with E-state index in [0.717, 1.165) is 17.7 Å². The second-order valence-corrected chi connectivity index (χ2v) is 4.09. The van der Waals surface area contributed by atoms with Crippen molar-refractivity contribution in [1.29, 1.82) is 0 Å². The van der Waals surface area contributed by atoms with Crippen LogP contribution < -0.4 is 0 Å². The standard InChI is InChI=1S/C9H11NO4/c11-3-10-8(12)6-4-1-2-5(14-4)7(6)9(10)13/h4-7,11H,1-3H2/t4-,5-,6-,7-/m1/s1. The second-order valence-electron chi connectivity index (χ2n) is 4.09. The lowest BCUT2D eigenvalue weighted by Gasteiger charge is -2.15. The van der Waals surface area contributed by atoms with Gasteiger partial charge < -0.3 is 9.84 Å². The normalized spacial score (nSPS) is 45.1. The van der Waals surface area contributed by atoms with Crippen molar-refractivity contribution in [3.05, 3.63) is 0 Å². The maximum Gasteiger partial charge on any atom is 0.237 e. The summed E-state index contributed by atoms with van der Waals surface area (Å²) in [5.41, 5.74) is 0. The Morgan fingerprint density at radius 2 is 1.71 bits per heavy atom. The highest BCUT2D eigenvalue weighted by Crippen LogP contribution is 2.48.